The lowest BCUT2D eigenvalue weighted by atomic mass is 9.97. The maximum Gasteiger partial charge on any atom is 0.234 e. The van der Waals surface area contributed by atoms with Crippen molar-refractivity contribution in [2.45, 2.75) is 24.5 Å². The molecule has 0 saturated carbocycles. The fraction of sp³-hybridized carbons (Fsp3) is 0.875. The molecule has 0 aromatic heterocycles. The normalized spacial score (nSPS) is 39.9. The van der Waals surface area contributed by atoms with Crippen LogP contribution >= 0.6 is 0 Å². The fourth-order valence-corrected chi connectivity index (χ4v) is 4.21. The first kappa shape index (κ1) is 10.8. The standard InChI is InChI=1S/C8H15N3O3S/c9-5-3-15(13,14)4-7(5)11-2-1-6(11)8(10)12/h5-7H,1-4,9H2,(H2,10,12). The van der Waals surface area contributed by atoms with E-state index in [-0.39, 0.29) is 23.6 Å². The zero-order valence-corrected chi connectivity index (χ0v) is 9.11. The predicted molar refractivity (Wildman–Crippen MR) is 54.7 cm³/mol. The van der Waals surface area contributed by atoms with E-state index in [0.717, 1.165) is 0 Å². The van der Waals surface area contributed by atoms with Crippen LogP contribution in [0, 0.1) is 0 Å². The second kappa shape index (κ2) is 3.43. The second-order valence-corrected chi connectivity index (χ2v) is 6.41. The lowest BCUT2D eigenvalue weighted by Gasteiger charge is -2.43. The lowest BCUT2D eigenvalue weighted by molar-refractivity contribution is -0.129. The van der Waals surface area contributed by atoms with Crippen LogP contribution in [0.4, 0.5) is 0 Å². The van der Waals surface area contributed by atoms with Crippen molar-refractivity contribution in [3.63, 3.8) is 0 Å². The van der Waals surface area contributed by atoms with Gasteiger partial charge in [0.05, 0.1) is 17.5 Å². The summed E-state index contributed by atoms with van der Waals surface area (Å²) >= 11 is 0. The van der Waals surface area contributed by atoms with Gasteiger partial charge >= 0.3 is 0 Å². The van der Waals surface area contributed by atoms with Gasteiger partial charge in [-0.25, -0.2) is 8.42 Å². The molecule has 3 atom stereocenters. The van der Waals surface area contributed by atoms with E-state index in [9.17, 15) is 13.2 Å². The van der Waals surface area contributed by atoms with Gasteiger partial charge in [-0.3, -0.25) is 9.69 Å². The van der Waals surface area contributed by atoms with Gasteiger partial charge in [-0.2, -0.15) is 0 Å². The van der Waals surface area contributed by atoms with Crippen LogP contribution in [0.3, 0.4) is 0 Å². The molecule has 0 aromatic carbocycles. The van der Waals surface area contributed by atoms with Crippen LogP contribution in [-0.4, -0.2) is 55.4 Å². The highest BCUT2D eigenvalue weighted by Crippen LogP contribution is 2.26. The van der Waals surface area contributed by atoms with Crippen LogP contribution < -0.4 is 11.5 Å². The molecule has 0 bridgehead atoms. The Balaban J connectivity index is 2.10. The average Bonchev–Trinajstić information content (AvgIpc) is 2.21. The summed E-state index contributed by atoms with van der Waals surface area (Å²) in [4.78, 5) is 12.8. The van der Waals surface area contributed by atoms with Gasteiger partial charge in [-0.1, -0.05) is 0 Å². The van der Waals surface area contributed by atoms with Crippen molar-refractivity contribution >= 4 is 15.7 Å². The highest BCUT2D eigenvalue weighted by Gasteiger charge is 2.46. The van der Waals surface area contributed by atoms with Gasteiger partial charge in [0.25, 0.3) is 0 Å². The molecule has 0 aromatic rings. The number of carbonyl (C=O) groups is 1. The number of hydrogen-bond donors (Lipinski definition) is 2. The van der Waals surface area contributed by atoms with E-state index in [1.807, 2.05) is 4.90 Å². The number of hydrogen-bond acceptors (Lipinski definition) is 5. The van der Waals surface area contributed by atoms with E-state index in [4.69, 9.17) is 11.5 Å². The van der Waals surface area contributed by atoms with Crippen molar-refractivity contribution in [1.29, 1.82) is 0 Å². The maximum atomic E-state index is 11.3. The molecule has 2 fully saturated rings. The fourth-order valence-electron chi connectivity index (χ4n) is 2.31. The summed E-state index contributed by atoms with van der Waals surface area (Å²) in [6.07, 6.45) is 0.707. The van der Waals surface area contributed by atoms with Crippen molar-refractivity contribution < 1.29 is 13.2 Å². The van der Waals surface area contributed by atoms with Crippen molar-refractivity contribution in [2.75, 3.05) is 18.1 Å². The molecule has 0 radical (unpaired) electrons. The number of sulfone groups is 1. The first-order chi connectivity index (χ1) is 6.91. The summed E-state index contributed by atoms with van der Waals surface area (Å²) in [7, 11) is -3.03. The minimum atomic E-state index is -3.03. The van der Waals surface area contributed by atoms with Crippen LogP contribution in [0.15, 0.2) is 0 Å². The minimum absolute atomic E-state index is 0.0135. The SMILES string of the molecule is NC(=O)C1CCN1C1CS(=O)(=O)CC1N. The molecule has 0 spiro atoms. The number of primary amides is 1. The molecule has 6 nitrogen and oxygen atoms in total. The molecule has 2 heterocycles. The van der Waals surface area contributed by atoms with Crippen molar-refractivity contribution in [3.8, 4) is 0 Å². The van der Waals surface area contributed by atoms with Gasteiger partial charge in [-0.05, 0) is 6.42 Å². The monoisotopic (exact) mass is 233 g/mol. The summed E-state index contributed by atoms with van der Waals surface area (Å²) in [6.45, 7) is 0.710. The summed E-state index contributed by atoms with van der Waals surface area (Å²) in [5.74, 6) is -0.324. The molecule has 3 unspecified atom stereocenters. The number of carbonyl (C=O) groups excluding carboxylic acids is 1. The summed E-state index contributed by atoms with van der Waals surface area (Å²) in [5.41, 5.74) is 11.0. The van der Waals surface area contributed by atoms with Gasteiger partial charge in [0, 0.05) is 18.6 Å². The van der Waals surface area contributed by atoms with E-state index in [0.29, 0.717) is 13.0 Å². The Morgan fingerprint density at radius 3 is 2.33 bits per heavy atom. The van der Waals surface area contributed by atoms with Crippen molar-refractivity contribution in [2.24, 2.45) is 11.5 Å². The van der Waals surface area contributed by atoms with Crippen LogP contribution in [0.2, 0.25) is 0 Å². The molecule has 2 aliphatic heterocycles. The Kier molecular flexibility index (Phi) is 2.48. The molecular weight excluding hydrogens is 218 g/mol. The second-order valence-electron chi connectivity index (χ2n) is 4.25. The summed E-state index contributed by atoms with van der Waals surface area (Å²) in [6, 6.07) is -0.951. The van der Waals surface area contributed by atoms with Crippen molar-refractivity contribution in [1.82, 2.24) is 4.90 Å². The van der Waals surface area contributed by atoms with Crippen LogP contribution in [0.5, 0.6) is 0 Å². The van der Waals surface area contributed by atoms with E-state index in [1.54, 1.807) is 0 Å². The van der Waals surface area contributed by atoms with Gasteiger partial charge < -0.3 is 11.5 Å². The number of nitrogens with zero attached hydrogens (tertiary/aromatic N) is 1. The van der Waals surface area contributed by atoms with Crippen molar-refractivity contribution in [3.05, 3.63) is 0 Å². The summed E-state index contributed by atoms with van der Waals surface area (Å²) < 4.78 is 22.7. The first-order valence-corrected chi connectivity index (χ1v) is 6.74. The number of amides is 1. The zero-order chi connectivity index (χ0) is 11.2. The predicted octanol–water partition coefficient (Wildman–Crippen LogP) is -2.33. The quantitative estimate of drug-likeness (QED) is 0.556. The molecule has 2 aliphatic rings. The highest BCUT2D eigenvalue weighted by atomic mass is 32.2. The first-order valence-electron chi connectivity index (χ1n) is 4.92. The molecular formula is C8H15N3O3S. The Labute approximate surface area is 88.5 Å². The molecule has 86 valence electrons. The van der Waals surface area contributed by atoms with Gasteiger partial charge in [0.15, 0.2) is 9.84 Å². The molecule has 1 amide bonds. The molecule has 15 heavy (non-hydrogen) atoms. The zero-order valence-electron chi connectivity index (χ0n) is 8.30. The molecule has 2 saturated heterocycles. The molecule has 4 N–H and O–H groups in total. The third-order valence-electron chi connectivity index (χ3n) is 3.18. The van der Waals surface area contributed by atoms with Gasteiger partial charge in [0.2, 0.25) is 5.91 Å². The van der Waals surface area contributed by atoms with Crippen LogP contribution in [-0.2, 0) is 14.6 Å². The van der Waals surface area contributed by atoms with E-state index in [2.05, 4.69) is 0 Å². The Morgan fingerprint density at radius 1 is 1.33 bits per heavy atom. The lowest BCUT2D eigenvalue weighted by Crippen LogP contribution is -2.62. The topological polar surface area (TPSA) is 106 Å². The van der Waals surface area contributed by atoms with Gasteiger partial charge in [0.1, 0.15) is 0 Å². The third kappa shape index (κ3) is 1.86. The number of rotatable bonds is 2. The number of nitrogens with two attached hydrogens (primary N) is 2. The van der Waals surface area contributed by atoms with E-state index < -0.39 is 21.8 Å². The maximum absolute atomic E-state index is 11.3. The van der Waals surface area contributed by atoms with Gasteiger partial charge in [-0.15, -0.1) is 0 Å². The average molecular weight is 233 g/mol. The minimum Gasteiger partial charge on any atom is -0.368 e. The largest absolute Gasteiger partial charge is 0.368 e. The van der Waals surface area contributed by atoms with E-state index in [1.165, 1.54) is 0 Å². The molecule has 2 rings (SSSR count). The third-order valence-corrected chi connectivity index (χ3v) is 4.92. The summed E-state index contributed by atoms with van der Waals surface area (Å²) in [5, 5.41) is 0. The molecule has 7 heteroatoms. The smallest absolute Gasteiger partial charge is 0.234 e. The van der Waals surface area contributed by atoms with Crippen LogP contribution in [0.25, 0.3) is 0 Å². The van der Waals surface area contributed by atoms with Crippen LogP contribution in [0.1, 0.15) is 6.42 Å². The Bertz CT molecular complexity index is 381. The Hall–Kier alpha value is -0.660. The number of likely N-dealkylation sites (tertiary alicyclic amines) is 1. The highest BCUT2D eigenvalue weighted by molar-refractivity contribution is 7.91. The Morgan fingerprint density at radius 2 is 2.00 bits per heavy atom. The molecule has 0 aliphatic carbocycles. The van der Waals surface area contributed by atoms with E-state index >= 15 is 0 Å².